The lowest BCUT2D eigenvalue weighted by Crippen LogP contribution is -2.20. The van der Waals surface area contributed by atoms with Gasteiger partial charge in [0.25, 0.3) is 0 Å². The Kier molecular flexibility index (Phi) is 6.00. The summed E-state index contributed by atoms with van der Waals surface area (Å²) in [7, 11) is 0. The predicted molar refractivity (Wildman–Crippen MR) is 80.3 cm³/mol. The van der Waals surface area contributed by atoms with Gasteiger partial charge in [-0.2, -0.15) is 0 Å². The third-order valence-electron chi connectivity index (χ3n) is 3.42. The molecule has 1 aliphatic heterocycles. The highest BCUT2D eigenvalue weighted by Crippen LogP contribution is 2.22. The van der Waals surface area contributed by atoms with Gasteiger partial charge in [0.15, 0.2) is 0 Å². The van der Waals surface area contributed by atoms with E-state index in [1.54, 1.807) is 0 Å². The Balaban J connectivity index is 1.72. The van der Waals surface area contributed by atoms with Crippen molar-refractivity contribution >= 4 is 27.5 Å². The highest BCUT2D eigenvalue weighted by Gasteiger charge is 2.15. The summed E-state index contributed by atoms with van der Waals surface area (Å²) in [5, 5.41) is 0.213. The summed E-state index contributed by atoms with van der Waals surface area (Å²) in [6.07, 6.45) is 7.26. The minimum Gasteiger partial charge on any atom is -0.378 e. The predicted octanol–water partition coefficient (Wildman–Crippen LogP) is 4.95. The molecule has 0 aromatic heterocycles. The van der Waals surface area contributed by atoms with E-state index in [2.05, 4.69) is 34.1 Å². The van der Waals surface area contributed by atoms with Crippen molar-refractivity contribution < 1.29 is 4.74 Å². The molecule has 1 aromatic rings. The average Bonchev–Trinajstić information content (AvgIpc) is 2.38. The van der Waals surface area contributed by atoms with E-state index in [1.807, 2.05) is 6.07 Å². The Morgan fingerprint density at radius 3 is 3.00 bits per heavy atom. The normalized spacial score (nSPS) is 21.8. The SMILES string of the molecule is ClC(CCC1CCCCO1)Cc1cccc(Br)c1. The quantitative estimate of drug-likeness (QED) is 0.694. The van der Waals surface area contributed by atoms with E-state index in [-0.39, 0.29) is 5.38 Å². The van der Waals surface area contributed by atoms with Crippen molar-refractivity contribution in [2.24, 2.45) is 0 Å². The van der Waals surface area contributed by atoms with Crippen LogP contribution in [0.1, 0.15) is 37.7 Å². The molecule has 0 spiro atoms. The van der Waals surface area contributed by atoms with Crippen LogP contribution in [0.5, 0.6) is 0 Å². The number of benzene rings is 1. The standard InChI is InChI=1S/C15H20BrClO/c16-13-5-3-4-12(10-13)11-14(17)7-8-15-6-1-2-9-18-15/h3-5,10,14-15H,1-2,6-9,11H2. The van der Waals surface area contributed by atoms with Gasteiger partial charge < -0.3 is 4.74 Å². The molecule has 2 rings (SSSR count). The average molecular weight is 332 g/mol. The van der Waals surface area contributed by atoms with Crippen molar-refractivity contribution in [1.29, 1.82) is 0 Å². The molecule has 2 atom stereocenters. The molecule has 0 amide bonds. The van der Waals surface area contributed by atoms with Crippen molar-refractivity contribution in [1.82, 2.24) is 0 Å². The molecule has 2 unspecified atom stereocenters. The van der Waals surface area contributed by atoms with E-state index >= 15 is 0 Å². The summed E-state index contributed by atoms with van der Waals surface area (Å²) in [4.78, 5) is 0. The van der Waals surface area contributed by atoms with E-state index in [0.29, 0.717) is 6.10 Å². The fourth-order valence-corrected chi connectivity index (χ4v) is 3.17. The summed E-state index contributed by atoms with van der Waals surface area (Å²) >= 11 is 9.91. The molecule has 1 saturated heterocycles. The van der Waals surface area contributed by atoms with Gasteiger partial charge in [0.2, 0.25) is 0 Å². The smallest absolute Gasteiger partial charge is 0.0575 e. The number of halogens is 2. The van der Waals surface area contributed by atoms with Crippen LogP contribution in [0.4, 0.5) is 0 Å². The lowest BCUT2D eigenvalue weighted by atomic mass is 10.0. The summed E-state index contributed by atoms with van der Waals surface area (Å²) in [6.45, 7) is 0.934. The minimum atomic E-state index is 0.213. The molecule has 1 aromatic carbocycles. The van der Waals surface area contributed by atoms with Crippen LogP contribution < -0.4 is 0 Å². The van der Waals surface area contributed by atoms with Crippen molar-refractivity contribution in [3.8, 4) is 0 Å². The Morgan fingerprint density at radius 1 is 1.39 bits per heavy atom. The van der Waals surface area contributed by atoms with Crippen LogP contribution in [-0.4, -0.2) is 18.1 Å². The first kappa shape index (κ1) is 14.4. The lowest BCUT2D eigenvalue weighted by Gasteiger charge is -2.23. The van der Waals surface area contributed by atoms with Crippen molar-refractivity contribution in [3.63, 3.8) is 0 Å². The monoisotopic (exact) mass is 330 g/mol. The minimum absolute atomic E-state index is 0.213. The van der Waals surface area contributed by atoms with Gasteiger partial charge in [-0.25, -0.2) is 0 Å². The van der Waals surface area contributed by atoms with Crippen molar-refractivity contribution in [2.45, 2.75) is 50.0 Å². The first-order valence-electron chi connectivity index (χ1n) is 6.74. The van der Waals surface area contributed by atoms with Gasteiger partial charge in [0.1, 0.15) is 0 Å². The topological polar surface area (TPSA) is 9.23 Å². The van der Waals surface area contributed by atoms with E-state index in [1.165, 1.54) is 24.8 Å². The van der Waals surface area contributed by atoms with Gasteiger partial charge >= 0.3 is 0 Å². The molecular formula is C15H20BrClO. The molecule has 1 fully saturated rings. The van der Waals surface area contributed by atoms with Crippen molar-refractivity contribution in [2.75, 3.05) is 6.61 Å². The zero-order chi connectivity index (χ0) is 12.8. The number of hydrogen-bond donors (Lipinski definition) is 0. The Labute approximate surface area is 123 Å². The molecule has 0 radical (unpaired) electrons. The molecule has 0 bridgehead atoms. The zero-order valence-electron chi connectivity index (χ0n) is 10.6. The molecule has 0 aliphatic carbocycles. The molecule has 0 saturated carbocycles. The molecule has 1 aliphatic rings. The molecule has 1 nitrogen and oxygen atoms in total. The number of alkyl halides is 1. The van der Waals surface area contributed by atoms with Gasteiger partial charge in [-0.1, -0.05) is 28.1 Å². The highest BCUT2D eigenvalue weighted by molar-refractivity contribution is 9.10. The number of hydrogen-bond acceptors (Lipinski definition) is 1. The third-order valence-corrected chi connectivity index (χ3v) is 4.29. The fraction of sp³-hybridized carbons (Fsp3) is 0.600. The van der Waals surface area contributed by atoms with Crippen LogP contribution in [0.2, 0.25) is 0 Å². The van der Waals surface area contributed by atoms with Gasteiger partial charge in [-0.15, -0.1) is 11.6 Å². The number of ether oxygens (including phenoxy) is 1. The second-order valence-electron chi connectivity index (χ2n) is 5.00. The van der Waals surface area contributed by atoms with E-state index in [0.717, 1.165) is 30.3 Å². The largest absolute Gasteiger partial charge is 0.378 e. The molecule has 0 N–H and O–H groups in total. The first-order chi connectivity index (χ1) is 8.74. The van der Waals surface area contributed by atoms with E-state index in [4.69, 9.17) is 16.3 Å². The summed E-state index contributed by atoms with van der Waals surface area (Å²) in [5.41, 5.74) is 1.30. The molecule has 3 heteroatoms. The second-order valence-corrected chi connectivity index (χ2v) is 6.53. The lowest BCUT2D eigenvalue weighted by molar-refractivity contribution is 0.0100. The molecule has 1 heterocycles. The van der Waals surface area contributed by atoms with Crippen LogP contribution >= 0.6 is 27.5 Å². The van der Waals surface area contributed by atoms with Crippen LogP contribution in [0.25, 0.3) is 0 Å². The number of rotatable bonds is 5. The van der Waals surface area contributed by atoms with Crippen molar-refractivity contribution in [3.05, 3.63) is 34.3 Å². The second kappa shape index (κ2) is 7.52. The van der Waals surface area contributed by atoms with Gasteiger partial charge in [0.05, 0.1) is 6.10 Å². The summed E-state index contributed by atoms with van der Waals surface area (Å²) in [6, 6.07) is 8.39. The van der Waals surface area contributed by atoms with Gasteiger partial charge in [-0.3, -0.25) is 0 Å². The van der Waals surface area contributed by atoms with Gasteiger partial charge in [-0.05, 0) is 56.2 Å². The molecule has 18 heavy (non-hydrogen) atoms. The highest BCUT2D eigenvalue weighted by atomic mass is 79.9. The van der Waals surface area contributed by atoms with Crippen LogP contribution in [0.15, 0.2) is 28.7 Å². The maximum Gasteiger partial charge on any atom is 0.0575 e. The zero-order valence-corrected chi connectivity index (χ0v) is 12.9. The Bertz CT molecular complexity index is 363. The maximum atomic E-state index is 6.42. The van der Waals surface area contributed by atoms with E-state index in [9.17, 15) is 0 Å². The van der Waals surface area contributed by atoms with Crippen LogP contribution in [0.3, 0.4) is 0 Å². The van der Waals surface area contributed by atoms with E-state index < -0.39 is 0 Å². The maximum absolute atomic E-state index is 6.42. The molecular weight excluding hydrogens is 312 g/mol. The van der Waals surface area contributed by atoms with Crippen LogP contribution in [0, 0.1) is 0 Å². The summed E-state index contributed by atoms with van der Waals surface area (Å²) < 4.78 is 6.86. The Hall–Kier alpha value is -0.0500. The fourth-order valence-electron chi connectivity index (χ4n) is 2.42. The first-order valence-corrected chi connectivity index (χ1v) is 7.97. The van der Waals surface area contributed by atoms with Gasteiger partial charge in [0, 0.05) is 16.5 Å². The third kappa shape index (κ3) is 4.91. The molecule has 100 valence electrons. The van der Waals surface area contributed by atoms with Crippen LogP contribution in [-0.2, 0) is 11.2 Å². The summed E-state index contributed by atoms with van der Waals surface area (Å²) in [5.74, 6) is 0. The Morgan fingerprint density at radius 2 is 2.28 bits per heavy atom.